The van der Waals surface area contributed by atoms with E-state index in [-0.39, 0.29) is 24.2 Å². The Balaban J connectivity index is 1.42. The third kappa shape index (κ3) is 5.63. The van der Waals surface area contributed by atoms with E-state index < -0.39 is 5.92 Å². The van der Waals surface area contributed by atoms with Gasteiger partial charge in [-0.05, 0) is 45.2 Å². The van der Waals surface area contributed by atoms with Crippen molar-refractivity contribution in [2.45, 2.75) is 45.4 Å². The molecule has 1 unspecified atom stereocenters. The molecule has 2 N–H and O–H groups in total. The summed E-state index contributed by atoms with van der Waals surface area (Å²) in [4.78, 5) is 47.1. The van der Waals surface area contributed by atoms with Crippen LogP contribution in [0.5, 0.6) is 0 Å². The van der Waals surface area contributed by atoms with Crippen LogP contribution in [0.4, 0.5) is 10.3 Å². The van der Waals surface area contributed by atoms with Crippen LogP contribution in [-0.2, 0) is 27.2 Å². The Kier molecular flexibility index (Phi) is 7.14. The van der Waals surface area contributed by atoms with Gasteiger partial charge in [-0.1, -0.05) is 17.7 Å². The van der Waals surface area contributed by atoms with Crippen LogP contribution in [0.3, 0.4) is 0 Å². The van der Waals surface area contributed by atoms with Crippen molar-refractivity contribution >= 4 is 50.7 Å². The molecule has 172 valence electrons. The van der Waals surface area contributed by atoms with Crippen molar-refractivity contribution in [1.82, 2.24) is 9.97 Å². The molecular formula is C23H24N4O4S2. The third-order valence-electron chi connectivity index (χ3n) is 5.22. The van der Waals surface area contributed by atoms with Crippen LogP contribution >= 0.6 is 22.7 Å². The summed E-state index contributed by atoms with van der Waals surface area (Å²) in [5, 5.41) is 8.38. The molecule has 0 radical (unpaired) electrons. The molecule has 8 nitrogen and oxygen atoms in total. The number of benzene rings is 1. The number of thiazole rings is 2. The number of anilines is 2. The van der Waals surface area contributed by atoms with Crippen LogP contribution in [0, 0.1) is 6.92 Å². The fourth-order valence-electron chi connectivity index (χ4n) is 3.60. The molecule has 33 heavy (non-hydrogen) atoms. The van der Waals surface area contributed by atoms with Crippen LogP contribution in [-0.4, -0.2) is 34.4 Å². The predicted molar refractivity (Wildman–Crippen MR) is 128 cm³/mol. The second-order valence-corrected chi connectivity index (χ2v) is 9.65. The molecule has 0 fully saturated rings. The minimum absolute atomic E-state index is 0.0733. The fraction of sp³-hybridized carbons (Fsp3) is 0.348. The van der Waals surface area contributed by atoms with Gasteiger partial charge in [-0.25, -0.2) is 9.97 Å². The molecule has 0 saturated carbocycles. The molecule has 0 saturated heterocycles. The summed E-state index contributed by atoms with van der Waals surface area (Å²) in [6, 6.07) is 7.33. The molecule has 1 atom stereocenters. The van der Waals surface area contributed by atoms with E-state index >= 15 is 0 Å². The first-order chi connectivity index (χ1) is 15.9. The van der Waals surface area contributed by atoms with E-state index in [0.29, 0.717) is 40.2 Å². The summed E-state index contributed by atoms with van der Waals surface area (Å²) in [6.45, 7) is 4.03. The minimum atomic E-state index is -0.410. The monoisotopic (exact) mass is 484 g/mol. The highest BCUT2D eigenvalue weighted by Gasteiger charge is 2.31. The summed E-state index contributed by atoms with van der Waals surface area (Å²) in [5.41, 5.74) is 2.92. The molecule has 2 heterocycles. The molecule has 1 aliphatic carbocycles. The van der Waals surface area contributed by atoms with Crippen molar-refractivity contribution in [3.63, 3.8) is 0 Å². The molecule has 10 heteroatoms. The second-order valence-electron chi connectivity index (χ2n) is 7.71. The first-order valence-electron chi connectivity index (χ1n) is 10.7. The van der Waals surface area contributed by atoms with Crippen molar-refractivity contribution in [3.05, 3.63) is 57.0 Å². The van der Waals surface area contributed by atoms with E-state index in [4.69, 9.17) is 4.74 Å². The molecule has 0 spiro atoms. The zero-order chi connectivity index (χ0) is 23.4. The average molecular weight is 485 g/mol. The number of nitrogens with zero attached hydrogens (tertiary/aromatic N) is 2. The number of aryl methyl sites for hydroxylation is 2. The highest BCUT2D eigenvalue weighted by Crippen LogP contribution is 2.37. The van der Waals surface area contributed by atoms with Gasteiger partial charge in [-0.15, -0.1) is 22.7 Å². The van der Waals surface area contributed by atoms with E-state index in [9.17, 15) is 14.4 Å². The first-order valence-corrected chi connectivity index (χ1v) is 12.4. The van der Waals surface area contributed by atoms with Gasteiger partial charge in [0.25, 0.3) is 5.91 Å². The lowest BCUT2D eigenvalue weighted by Crippen LogP contribution is -2.24. The Hall–Kier alpha value is -3.11. The van der Waals surface area contributed by atoms with Crippen LogP contribution in [0.25, 0.3) is 0 Å². The van der Waals surface area contributed by atoms with Crippen LogP contribution < -0.4 is 10.6 Å². The smallest absolute Gasteiger partial charge is 0.311 e. The summed E-state index contributed by atoms with van der Waals surface area (Å²) in [6.07, 6.45) is 2.45. The molecule has 2 aromatic heterocycles. The van der Waals surface area contributed by atoms with Crippen molar-refractivity contribution in [2.75, 3.05) is 17.2 Å². The van der Waals surface area contributed by atoms with Crippen molar-refractivity contribution in [3.8, 4) is 0 Å². The van der Waals surface area contributed by atoms with Crippen molar-refractivity contribution in [2.24, 2.45) is 0 Å². The van der Waals surface area contributed by atoms with E-state index in [0.717, 1.165) is 23.3 Å². The number of nitrogens with one attached hydrogen (secondary N) is 2. The lowest BCUT2D eigenvalue weighted by molar-refractivity contribution is -0.142. The molecule has 3 aromatic rings. The van der Waals surface area contributed by atoms with Gasteiger partial charge < -0.3 is 10.1 Å². The lowest BCUT2D eigenvalue weighted by atomic mass is 9.90. The molecule has 0 bridgehead atoms. The molecule has 4 rings (SSSR count). The SMILES string of the molecule is CCOC(=O)Cc1csc(NC(=O)C2CCCc3sc(NC(=O)c4ccc(C)cc4)nc32)n1. The maximum absolute atomic E-state index is 13.0. The Labute approximate surface area is 199 Å². The maximum atomic E-state index is 13.0. The van der Waals surface area contributed by atoms with Crippen LogP contribution in [0.15, 0.2) is 29.6 Å². The summed E-state index contributed by atoms with van der Waals surface area (Å²) in [7, 11) is 0. The van der Waals surface area contributed by atoms with E-state index in [1.807, 2.05) is 19.1 Å². The van der Waals surface area contributed by atoms with Crippen LogP contribution in [0.2, 0.25) is 0 Å². The number of rotatable bonds is 7. The Morgan fingerprint density at radius 1 is 1.12 bits per heavy atom. The van der Waals surface area contributed by atoms with Gasteiger partial charge in [-0.3, -0.25) is 19.7 Å². The van der Waals surface area contributed by atoms with Gasteiger partial charge in [0.1, 0.15) is 0 Å². The molecular weight excluding hydrogens is 460 g/mol. The molecule has 0 aliphatic heterocycles. The zero-order valence-corrected chi connectivity index (χ0v) is 20.0. The Morgan fingerprint density at radius 2 is 1.91 bits per heavy atom. The number of amides is 2. The number of esters is 1. The summed E-state index contributed by atoms with van der Waals surface area (Å²) in [5.74, 6) is -1.17. The standard InChI is InChI=1S/C23H24N4O4S2/c1-3-31-18(28)11-15-12-32-22(24-15)27-21(30)16-5-4-6-17-19(16)25-23(33-17)26-20(29)14-9-7-13(2)8-10-14/h7-10,12,16H,3-6,11H2,1-2H3,(H,24,27,30)(H,25,26,29). The number of ether oxygens (including phenoxy) is 1. The highest BCUT2D eigenvalue weighted by molar-refractivity contribution is 7.16. The van der Waals surface area contributed by atoms with Crippen molar-refractivity contribution < 1.29 is 19.1 Å². The number of hydrogen-bond donors (Lipinski definition) is 2. The summed E-state index contributed by atoms with van der Waals surface area (Å²) >= 11 is 2.69. The largest absolute Gasteiger partial charge is 0.466 e. The molecule has 2 amide bonds. The minimum Gasteiger partial charge on any atom is -0.466 e. The number of carbonyl (C=O) groups is 3. The highest BCUT2D eigenvalue weighted by atomic mass is 32.1. The quantitative estimate of drug-likeness (QED) is 0.483. The van der Waals surface area contributed by atoms with Gasteiger partial charge in [0, 0.05) is 15.8 Å². The Morgan fingerprint density at radius 3 is 2.67 bits per heavy atom. The maximum Gasteiger partial charge on any atom is 0.311 e. The van der Waals surface area contributed by atoms with Gasteiger partial charge in [0.15, 0.2) is 10.3 Å². The predicted octanol–water partition coefficient (Wildman–Crippen LogP) is 4.32. The number of hydrogen-bond acceptors (Lipinski definition) is 8. The van der Waals surface area contributed by atoms with E-state index in [1.165, 1.54) is 22.7 Å². The van der Waals surface area contributed by atoms with Crippen molar-refractivity contribution in [1.29, 1.82) is 0 Å². The topological polar surface area (TPSA) is 110 Å². The lowest BCUT2D eigenvalue weighted by Gasteiger charge is -2.19. The van der Waals surface area contributed by atoms with Gasteiger partial charge in [-0.2, -0.15) is 0 Å². The molecule has 1 aliphatic rings. The second kappa shape index (κ2) is 10.2. The van der Waals surface area contributed by atoms with Gasteiger partial charge >= 0.3 is 5.97 Å². The van der Waals surface area contributed by atoms with Gasteiger partial charge in [0.05, 0.1) is 30.3 Å². The zero-order valence-electron chi connectivity index (χ0n) is 18.3. The molecule has 1 aromatic carbocycles. The first kappa shape index (κ1) is 23.1. The van der Waals surface area contributed by atoms with E-state index in [2.05, 4.69) is 20.6 Å². The average Bonchev–Trinajstić information content (AvgIpc) is 3.40. The Bertz CT molecular complexity index is 1170. The third-order valence-corrected chi connectivity index (χ3v) is 7.07. The normalized spacial score (nSPS) is 14.9. The number of fused-ring (bicyclic) bond motifs is 1. The van der Waals surface area contributed by atoms with Crippen LogP contribution in [0.1, 0.15) is 57.9 Å². The fourth-order valence-corrected chi connectivity index (χ4v) is 5.37. The number of aromatic nitrogens is 2. The summed E-state index contributed by atoms with van der Waals surface area (Å²) < 4.78 is 4.93. The van der Waals surface area contributed by atoms with E-state index in [1.54, 1.807) is 24.4 Å². The number of carbonyl (C=O) groups excluding carboxylic acids is 3. The van der Waals surface area contributed by atoms with Gasteiger partial charge in [0.2, 0.25) is 5.91 Å².